The highest BCUT2D eigenvalue weighted by Gasteiger charge is 2.15. The quantitative estimate of drug-likeness (QED) is 0.661. The lowest BCUT2D eigenvalue weighted by Gasteiger charge is -2.27. The van der Waals surface area contributed by atoms with E-state index in [0.29, 0.717) is 26.4 Å². The molecule has 0 aliphatic carbocycles. The highest BCUT2D eigenvalue weighted by molar-refractivity contribution is 9.10. The molecule has 1 aromatic rings. The molecule has 0 saturated carbocycles. The Kier molecular flexibility index (Phi) is 6.48. The molecule has 1 aliphatic heterocycles. The minimum absolute atomic E-state index is 0.0941. The number of ether oxygens (including phenoxy) is 2. The van der Waals surface area contributed by atoms with Gasteiger partial charge in [0, 0.05) is 31.7 Å². The van der Waals surface area contributed by atoms with E-state index < -0.39 is 0 Å². The van der Waals surface area contributed by atoms with Crippen LogP contribution < -0.4 is 5.32 Å². The molecule has 1 fully saturated rings. The summed E-state index contributed by atoms with van der Waals surface area (Å²) in [5, 5.41) is 3.33. The molecule has 0 spiro atoms. The maximum atomic E-state index is 5.62. The van der Waals surface area contributed by atoms with E-state index in [-0.39, 0.29) is 6.10 Å². The third kappa shape index (κ3) is 5.30. The second kappa shape index (κ2) is 8.36. The summed E-state index contributed by atoms with van der Waals surface area (Å²) in [7, 11) is 3.81. The highest BCUT2D eigenvalue weighted by atomic mass is 79.9. The maximum Gasteiger partial charge on any atom is 0.193 e. The molecule has 1 saturated heterocycles. The van der Waals surface area contributed by atoms with Crippen molar-refractivity contribution in [2.75, 3.05) is 40.5 Å². The van der Waals surface area contributed by atoms with E-state index in [1.54, 1.807) is 7.05 Å². The predicted molar refractivity (Wildman–Crippen MR) is 87.5 cm³/mol. The number of hydrogen-bond acceptors (Lipinski definition) is 3. The van der Waals surface area contributed by atoms with Crippen molar-refractivity contribution in [1.29, 1.82) is 0 Å². The Morgan fingerprint density at radius 2 is 2.14 bits per heavy atom. The molecule has 1 heterocycles. The summed E-state index contributed by atoms with van der Waals surface area (Å²) in [4.78, 5) is 6.40. The Morgan fingerprint density at radius 1 is 1.38 bits per heavy atom. The van der Waals surface area contributed by atoms with Crippen LogP contribution in [0.25, 0.3) is 0 Å². The first kappa shape index (κ1) is 16.3. The lowest BCUT2D eigenvalue weighted by Crippen LogP contribution is -2.45. The summed E-state index contributed by atoms with van der Waals surface area (Å²) in [5.74, 6) is 0.854. The molecule has 0 amide bonds. The number of nitrogens with zero attached hydrogens (tertiary/aromatic N) is 2. The SMILES string of the molecule is CN=C(NCC1COCCO1)N(C)Cc1ccc(Br)cc1. The second-order valence-electron chi connectivity index (χ2n) is 4.98. The Balaban J connectivity index is 1.83. The Labute approximate surface area is 134 Å². The molecule has 1 atom stereocenters. The Hall–Kier alpha value is -1.11. The summed E-state index contributed by atoms with van der Waals surface area (Å²) >= 11 is 3.45. The molecule has 1 N–H and O–H groups in total. The van der Waals surface area contributed by atoms with Gasteiger partial charge in [-0.1, -0.05) is 28.1 Å². The number of rotatable bonds is 4. The average Bonchev–Trinajstić information content (AvgIpc) is 2.51. The fourth-order valence-corrected chi connectivity index (χ4v) is 2.45. The monoisotopic (exact) mass is 355 g/mol. The van der Waals surface area contributed by atoms with E-state index in [9.17, 15) is 0 Å². The van der Waals surface area contributed by atoms with Crippen LogP contribution >= 0.6 is 15.9 Å². The molecule has 2 rings (SSSR count). The Morgan fingerprint density at radius 3 is 2.76 bits per heavy atom. The summed E-state index contributed by atoms with van der Waals surface area (Å²) in [6.45, 7) is 3.50. The molecular weight excluding hydrogens is 334 g/mol. The van der Waals surface area contributed by atoms with Gasteiger partial charge in [-0.2, -0.15) is 0 Å². The fourth-order valence-electron chi connectivity index (χ4n) is 2.18. The van der Waals surface area contributed by atoms with Gasteiger partial charge in [0.2, 0.25) is 0 Å². The lowest BCUT2D eigenvalue weighted by molar-refractivity contribution is -0.0851. The number of hydrogen-bond donors (Lipinski definition) is 1. The molecule has 0 bridgehead atoms. The summed E-state index contributed by atoms with van der Waals surface area (Å²) in [6, 6.07) is 8.30. The van der Waals surface area contributed by atoms with Crippen LogP contribution in [0.1, 0.15) is 5.56 Å². The molecule has 1 aromatic carbocycles. The van der Waals surface area contributed by atoms with Crippen molar-refractivity contribution in [1.82, 2.24) is 10.2 Å². The van der Waals surface area contributed by atoms with E-state index >= 15 is 0 Å². The molecule has 0 radical (unpaired) electrons. The average molecular weight is 356 g/mol. The van der Waals surface area contributed by atoms with Gasteiger partial charge in [0.05, 0.1) is 25.9 Å². The van der Waals surface area contributed by atoms with Gasteiger partial charge in [0.25, 0.3) is 0 Å². The molecule has 1 unspecified atom stereocenters. The number of guanidine groups is 1. The van der Waals surface area contributed by atoms with Crippen molar-refractivity contribution in [2.45, 2.75) is 12.6 Å². The van der Waals surface area contributed by atoms with Crippen LogP contribution in [0.15, 0.2) is 33.7 Å². The van der Waals surface area contributed by atoms with Crippen LogP contribution in [0.5, 0.6) is 0 Å². The fraction of sp³-hybridized carbons (Fsp3) is 0.533. The van der Waals surface area contributed by atoms with Crippen LogP contribution in [-0.2, 0) is 16.0 Å². The van der Waals surface area contributed by atoms with Crippen LogP contribution in [0, 0.1) is 0 Å². The summed E-state index contributed by atoms with van der Waals surface area (Å²) in [5.41, 5.74) is 1.24. The minimum atomic E-state index is 0.0941. The first-order valence-electron chi connectivity index (χ1n) is 7.04. The predicted octanol–water partition coefficient (Wildman–Crippen LogP) is 1.87. The van der Waals surface area contributed by atoms with Gasteiger partial charge in [-0.05, 0) is 17.7 Å². The van der Waals surface area contributed by atoms with Crippen LogP contribution in [-0.4, -0.2) is 57.4 Å². The minimum Gasteiger partial charge on any atom is -0.376 e. The number of halogens is 1. The zero-order chi connectivity index (χ0) is 15.1. The summed E-state index contributed by atoms with van der Waals surface area (Å²) in [6.07, 6.45) is 0.0941. The van der Waals surface area contributed by atoms with Gasteiger partial charge in [-0.3, -0.25) is 4.99 Å². The normalized spacial score (nSPS) is 19.4. The van der Waals surface area contributed by atoms with Gasteiger partial charge in [0.15, 0.2) is 5.96 Å². The lowest BCUT2D eigenvalue weighted by atomic mass is 10.2. The van der Waals surface area contributed by atoms with Gasteiger partial charge in [-0.15, -0.1) is 0 Å². The van der Waals surface area contributed by atoms with Crippen LogP contribution in [0.4, 0.5) is 0 Å². The maximum absolute atomic E-state index is 5.62. The van der Waals surface area contributed by atoms with Crippen molar-refractivity contribution >= 4 is 21.9 Å². The smallest absolute Gasteiger partial charge is 0.193 e. The van der Waals surface area contributed by atoms with Gasteiger partial charge < -0.3 is 19.7 Å². The van der Waals surface area contributed by atoms with E-state index in [2.05, 4.69) is 43.3 Å². The van der Waals surface area contributed by atoms with Crippen molar-refractivity contribution in [3.05, 3.63) is 34.3 Å². The van der Waals surface area contributed by atoms with Crippen molar-refractivity contribution in [2.24, 2.45) is 4.99 Å². The first-order chi connectivity index (χ1) is 10.2. The van der Waals surface area contributed by atoms with Crippen LogP contribution in [0.3, 0.4) is 0 Å². The molecule has 0 aromatic heterocycles. The standard InChI is InChI=1S/C15H22BrN3O2/c1-17-15(18-9-14-11-20-7-8-21-14)19(2)10-12-3-5-13(16)6-4-12/h3-6,14H,7-11H2,1-2H3,(H,17,18). The number of benzene rings is 1. The van der Waals surface area contributed by atoms with E-state index in [1.165, 1.54) is 5.56 Å². The molecular formula is C15H22BrN3O2. The second-order valence-corrected chi connectivity index (χ2v) is 5.89. The van der Waals surface area contributed by atoms with Gasteiger partial charge >= 0.3 is 0 Å². The Bertz CT molecular complexity index is 458. The van der Waals surface area contributed by atoms with Crippen LogP contribution in [0.2, 0.25) is 0 Å². The summed E-state index contributed by atoms with van der Waals surface area (Å²) < 4.78 is 12.1. The van der Waals surface area contributed by atoms with Gasteiger partial charge in [0.1, 0.15) is 0 Å². The topological polar surface area (TPSA) is 46.1 Å². The zero-order valence-electron chi connectivity index (χ0n) is 12.5. The largest absolute Gasteiger partial charge is 0.376 e. The molecule has 6 heteroatoms. The van der Waals surface area contributed by atoms with Crippen molar-refractivity contribution in [3.8, 4) is 0 Å². The van der Waals surface area contributed by atoms with Gasteiger partial charge in [-0.25, -0.2) is 0 Å². The molecule has 5 nitrogen and oxygen atoms in total. The zero-order valence-corrected chi connectivity index (χ0v) is 14.1. The third-order valence-corrected chi connectivity index (χ3v) is 3.81. The van der Waals surface area contributed by atoms with Crippen molar-refractivity contribution in [3.63, 3.8) is 0 Å². The molecule has 21 heavy (non-hydrogen) atoms. The number of nitrogens with one attached hydrogen (secondary N) is 1. The van der Waals surface area contributed by atoms with E-state index in [4.69, 9.17) is 9.47 Å². The first-order valence-corrected chi connectivity index (χ1v) is 7.84. The highest BCUT2D eigenvalue weighted by Crippen LogP contribution is 2.11. The molecule has 116 valence electrons. The third-order valence-electron chi connectivity index (χ3n) is 3.28. The molecule has 1 aliphatic rings. The van der Waals surface area contributed by atoms with E-state index in [1.807, 2.05) is 19.2 Å². The van der Waals surface area contributed by atoms with E-state index in [0.717, 1.165) is 17.0 Å². The number of aliphatic imine (C=N–C) groups is 1. The van der Waals surface area contributed by atoms with Crippen molar-refractivity contribution < 1.29 is 9.47 Å².